The lowest BCUT2D eigenvalue weighted by Crippen LogP contribution is -1.98. The van der Waals surface area contributed by atoms with Gasteiger partial charge in [-0.2, -0.15) is 0 Å². The third-order valence-electron chi connectivity index (χ3n) is 2.53. The number of nitro groups is 1. The van der Waals surface area contributed by atoms with Crippen LogP contribution in [0.25, 0.3) is 0 Å². The molecule has 0 saturated carbocycles. The van der Waals surface area contributed by atoms with Crippen LogP contribution in [0.15, 0.2) is 22.7 Å². The van der Waals surface area contributed by atoms with Gasteiger partial charge in [-0.1, -0.05) is 0 Å². The summed E-state index contributed by atoms with van der Waals surface area (Å²) >= 11 is 3.01. The molecule has 0 saturated heterocycles. The van der Waals surface area contributed by atoms with Gasteiger partial charge in [0.15, 0.2) is 0 Å². The molecule has 19 heavy (non-hydrogen) atoms. The van der Waals surface area contributed by atoms with E-state index < -0.39 is 16.6 Å². The first-order valence-electron chi connectivity index (χ1n) is 5.20. The first-order chi connectivity index (χ1) is 8.90. The molecule has 1 heterocycles. The van der Waals surface area contributed by atoms with Crippen molar-refractivity contribution in [3.63, 3.8) is 0 Å². The quantitative estimate of drug-likeness (QED) is 0.639. The molecule has 100 valence electrons. The number of benzene rings is 1. The van der Waals surface area contributed by atoms with E-state index in [0.29, 0.717) is 5.82 Å². The number of hydrogen-bond donors (Lipinski definition) is 0. The van der Waals surface area contributed by atoms with Gasteiger partial charge in [0.25, 0.3) is 0 Å². The van der Waals surface area contributed by atoms with E-state index in [2.05, 4.69) is 20.9 Å². The summed E-state index contributed by atoms with van der Waals surface area (Å²) in [5, 5.41) is 10.9. The molecule has 0 unspecified atom stereocenters. The lowest BCUT2D eigenvalue weighted by Gasteiger charge is -2.06. The van der Waals surface area contributed by atoms with Crippen molar-refractivity contribution in [2.75, 3.05) is 0 Å². The summed E-state index contributed by atoms with van der Waals surface area (Å²) in [4.78, 5) is 14.0. The van der Waals surface area contributed by atoms with Gasteiger partial charge >= 0.3 is 11.7 Å². The maximum atomic E-state index is 13.4. The zero-order valence-electron chi connectivity index (χ0n) is 10.1. The molecule has 0 aliphatic heterocycles. The topological polar surface area (TPSA) is 70.2 Å². The van der Waals surface area contributed by atoms with E-state index >= 15 is 0 Å². The molecule has 2 rings (SSSR count). The van der Waals surface area contributed by atoms with Crippen LogP contribution in [0.1, 0.15) is 5.82 Å². The van der Waals surface area contributed by atoms with Crippen LogP contribution in [0.4, 0.5) is 10.2 Å². The number of aromatic nitrogens is 2. The van der Waals surface area contributed by atoms with Crippen molar-refractivity contribution >= 4 is 21.7 Å². The normalized spacial score (nSPS) is 10.5. The average Bonchev–Trinajstić information content (AvgIpc) is 2.62. The Bertz CT molecular complexity index is 657. The number of hydrogen-bond acceptors (Lipinski definition) is 4. The van der Waals surface area contributed by atoms with E-state index in [4.69, 9.17) is 4.74 Å². The Morgan fingerprint density at radius 1 is 1.53 bits per heavy atom. The van der Waals surface area contributed by atoms with Gasteiger partial charge in [-0.15, -0.1) is 0 Å². The smallest absolute Gasteiger partial charge is 0.427 e. The lowest BCUT2D eigenvalue weighted by atomic mass is 10.3. The Morgan fingerprint density at radius 3 is 2.79 bits per heavy atom. The summed E-state index contributed by atoms with van der Waals surface area (Å²) in [6.07, 6.45) is 0. The second-order valence-corrected chi connectivity index (χ2v) is 4.64. The average molecular weight is 330 g/mol. The minimum Gasteiger partial charge on any atom is -0.434 e. The van der Waals surface area contributed by atoms with E-state index in [-0.39, 0.29) is 16.1 Å². The van der Waals surface area contributed by atoms with Gasteiger partial charge in [-0.3, -0.25) is 4.57 Å². The molecule has 1 aromatic heterocycles. The number of rotatable bonds is 3. The van der Waals surface area contributed by atoms with Gasteiger partial charge in [-0.05, 0) is 38.0 Å². The van der Waals surface area contributed by atoms with Gasteiger partial charge in [0, 0.05) is 20.0 Å². The minimum absolute atomic E-state index is 0.0378. The Balaban J connectivity index is 2.42. The fraction of sp³-hybridized carbons (Fsp3) is 0.182. The predicted molar refractivity (Wildman–Crippen MR) is 68.8 cm³/mol. The van der Waals surface area contributed by atoms with Crippen molar-refractivity contribution in [1.29, 1.82) is 0 Å². The van der Waals surface area contributed by atoms with Crippen LogP contribution in [0.5, 0.6) is 11.6 Å². The van der Waals surface area contributed by atoms with Crippen molar-refractivity contribution in [2.45, 2.75) is 6.92 Å². The highest BCUT2D eigenvalue weighted by atomic mass is 79.9. The van der Waals surface area contributed by atoms with Crippen molar-refractivity contribution in [2.24, 2.45) is 7.05 Å². The number of nitrogens with zero attached hydrogens (tertiary/aromatic N) is 3. The molecule has 0 aliphatic carbocycles. The molecule has 2 aromatic rings. The molecule has 0 aliphatic rings. The predicted octanol–water partition coefficient (Wildman–Crippen LogP) is 3.33. The van der Waals surface area contributed by atoms with Crippen LogP contribution in [0, 0.1) is 22.9 Å². The van der Waals surface area contributed by atoms with Crippen molar-refractivity contribution < 1.29 is 14.1 Å². The van der Waals surface area contributed by atoms with E-state index in [1.807, 2.05) is 0 Å². The third kappa shape index (κ3) is 2.58. The van der Waals surface area contributed by atoms with Crippen LogP contribution in [-0.2, 0) is 7.05 Å². The Labute approximate surface area is 116 Å². The van der Waals surface area contributed by atoms with E-state index in [1.54, 1.807) is 14.0 Å². The van der Waals surface area contributed by atoms with Crippen molar-refractivity contribution in [3.8, 4) is 11.6 Å². The number of imidazole rings is 1. The molecule has 1 aromatic carbocycles. The molecule has 0 radical (unpaired) electrons. The molecule has 0 atom stereocenters. The molecule has 0 amide bonds. The Kier molecular flexibility index (Phi) is 3.52. The zero-order chi connectivity index (χ0) is 14.2. The Morgan fingerprint density at radius 2 is 2.21 bits per heavy atom. The molecule has 8 heteroatoms. The van der Waals surface area contributed by atoms with Crippen LogP contribution in [0.2, 0.25) is 0 Å². The van der Waals surface area contributed by atoms with Gasteiger partial charge < -0.3 is 14.9 Å². The fourth-order valence-electron chi connectivity index (χ4n) is 1.46. The third-order valence-corrected chi connectivity index (χ3v) is 3.17. The van der Waals surface area contributed by atoms with Gasteiger partial charge in [0.1, 0.15) is 11.6 Å². The van der Waals surface area contributed by atoms with Crippen LogP contribution >= 0.6 is 15.9 Å². The van der Waals surface area contributed by atoms with Crippen LogP contribution in [-0.4, -0.2) is 14.5 Å². The standard InChI is InChI=1S/C11H9BrFN3O3/c1-6-14-10(16(17)18)11(15(6)2)19-7-3-4-8(12)9(13)5-7/h3-5H,1-2H3. The first kappa shape index (κ1) is 13.5. The van der Waals surface area contributed by atoms with Gasteiger partial charge in [0.05, 0.1) is 4.47 Å². The molecule has 0 N–H and O–H groups in total. The maximum absolute atomic E-state index is 13.4. The monoisotopic (exact) mass is 329 g/mol. The van der Waals surface area contributed by atoms with Crippen LogP contribution in [0.3, 0.4) is 0 Å². The van der Waals surface area contributed by atoms with E-state index in [1.165, 1.54) is 16.7 Å². The number of aryl methyl sites for hydroxylation is 1. The number of halogens is 2. The molecule has 6 nitrogen and oxygen atoms in total. The summed E-state index contributed by atoms with van der Waals surface area (Å²) in [5.74, 6) is -0.363. The highest BCUT2D eigenvalue weighted by Crippen LogP contribution is 2.32. The summed E-state index contributed by atoms with van der Waals surface area (Å²) in [7, 11) is 1.58. The zero-order valence-corrected chi connectivity index (χ0v) is 11.6. The summed E-state index contributed by atoms with van der Waals surface area (Å²) < 4.78 is 20.4. The highest BCUT2D eigenvalue weighted by Gasteiger charge is 2.26. The van der Waals surface area contributed by atoms with Gasteiger partial charge in [0.2, 0.25) is 5.82 Å². The Hall–Kier alpha value is -1.96. The number of ether oxygens (including phenoxy) is 1. The lowest BCUT2D eigenvalue weighted by molar-refractivity contribution is -0.390. The summed E-state index contributed by atoms with van der Waals surface area (Å²) in [5.41, 5.74) is 0. The fourth-order valence-corrected chi connectivity index (χ4v) is 1.70. The molecular weight excluding hydrogens is 321 g/mol. The molecular formula is C11H9BrFN3O3. The van der Waals surface area contributed by atoms with Crippen molar-refractivity contribution in [3.05, 3.63) is 44.4 Å². The van der Waals surface area contributed by atoms with Crippen LogP contribution < -0.4 is 4.74 Å². The molecule has 0 spiro atoms. The second kappa shape index (κ2) is 4.96. The molecule has 0 bridgehead atoms. The highest BCUT2D eigenvalue weighted by molar-refractivity contribution is 9.10. The van der Waals surface area contributed by atoms with E-state index in [9.17, 15) is 14.5 Å². The second-order valence-electron chi connectivity index (χ2n) is 3.78. The summed E-state index contributed by atoms with van der Waals surface area (Å²) in [6.45, 7) is 1.61. The maximum Gasteiger partial charge on any atom is 0.427 e. The summed E-state index contributed by atoms with van der Waals surface area (Å²) in [6, 6.07) is 4.09. The van der Waals surface area contributed by atoms with Crippen molar-refractivity contribution in [1.82, 2.24) is 9.55 Å². The molecule has 0 fully saturated rings. The SMILES string of the molecule is Cc1nc([N+](=O)[O-])c(Oc2ccc(Br)c(F)c2)n1C. The minimum atomic E-state index is -0.641. The van der Waals surface area contributed by atoms with Gasteiger partial charge in [-0.25, -0.2) is 4.39 Å². The largest absolute Gasteiger partial charge is 0.434 e. The van der Waals surface area contributed by atoms with E-state index in [0.717, 1.165) is 6.07 Å². The first-order valence-corrected chi connectivity index (χ1v) is 6.00.